The number of aromatic amines is 4. The number of rotatable bonds is 6. The number of fused-ring (bicyclic) bond motifs is 8. The monoisotopic (exact) mass is 1080 g/mol. The molecule has 0 aromatic carbocycles. The van der Waals surface area contributed by atoms with Crippen molar-refractivity contribution in [2.45, 2.75) is 226 Å². The molecule has 8 unspecified atom stereocenters. The Hall–Kier alpha value is -1.38. The van der Waals surface area contributed by atoms with Crippen LogP contribution in [0.1, 0.15) is 152 Å². The first kappa shape index (κ1) is 65.6. The minimum atomic E-state index is -0.245. The second-order valence-electron chi connectivity index (χ2n) is 18.0. The van der Waals surface area contributed by atoms with Crippen LogP contribution in [0.25, 0.3) is 0 Å². The van der Waals surface area contributed by atoms with Gasteiger partial charge in [-0.15, -0.1) is 6.10 Å². The van der Waals surface area contributed by atoms with E-state index in [1.807, 2.05) is 149 Å². The molecule has 12 aliphatic rings. The summed E-state index contributed by atoms with van der Waals surface area (Å²) in [6, 6.07) is 21.8. The Bertz CT molecular complexity index is 1550. The van der Waals surface area contributed by atoms with Crippen LogP contribution in [0.2, 0.25) is 0 Å². The van der Waals surface area contributed by atoms with E-state index in [1.165, 1.54) is 69.9 Å². The second kappa shape index (κ2) is 35.7. The van der Waals surface area contributed by atoms with E-state index < -0.39 is 0 Å². The number of H-pyrrole nitrogens is 4. The molecule has 8 aliphatic heterocycles. The average molecular weight is 1080 g/mol. The maximum atomic E-state index is 10.9. The standard InChI is InChI=1S/3C11H16N2O.C7H12NO.C5H7N.5C2H6.K.Pd/c3*1-13-8-5-9(13)7-10(6-8)14-11-3-2-4-12-11;1-8-5-2-6(8)4-7(9)3-5;1-5-3-2-4-6-5;5*1-2;;/h3*2-4,8-10,12H,5-7H2,1H3;5-7H,2-4H2,1H3;2-4,6H,1H3;5*1-2H3;;/q;;;-1;;;;;;;+1;. The van der Waals surface area contributed by atoms with E-state index in [9.17, 15) is 5.11 Å². The Morgan fingerprint density at radius 3 is 0.783 bits per heavy atom. The van der Waals surface area contributed by atoms with Gasteiger partial charge in [0.25, 0.3) is 0 Å². The fourth-order valence-corrected chi connectivity index (χ4v) is 10.5. The third-order valence-corrected chi connectivity index (χ3v) is 14.4. The Morgan fingerprint density at radius 2 is 0.623 bits per heavy atom. The van der Waals surface area contributed by atoms with Gasteiger partial charge in [0.15, 0.2) is 17.6 Å². The SMILES string of the molecule is CC.CC.CC.CC.CC.CN1C2CC(Oc3ccc[nH]3)CC1C2.CN1C2CC(Oc3ccc[nH]3)CC1C2.CN1C2CC(Oc3ccc[nH]3)CC1C2.CN1C2CC([O-])CC1C2.Cc1ccc[nH]1.[K+].[Pd]. The summed E-state index contributed by atoms with van der Waals surface area (Å²) in [6.45, 7) is 22.0. The molecular formula is C55H97KN8O4Pd. The number of ether oxygens (including phenoxy) is 3. The Balaban J connectivity index is 0.000000417. The van der Waals surface area contributed by atoms with Crippen molar-refractivity contribution in [1.82, 2.24) is 39.5 Å². The minimum Gasteiger partial charge on any atom is -0.852 e. The first-order valence-corrected chi connectivity index (χ1v) is 26.7. The molecule has 12 heterocycles. The normalized spacial score (nSPS) is 30.0. The number of nitrogens with one attached hydrogen (secondary N) is 4. The minimum absolute atomic E-state index is 0. The van der Waals surface area contributed by atoms with Crippen LogP contribution in [0, 0.1) is 6.92 Å². The van der Waals surface area contributed by atoms with Crippen LogP contribution in [-0.4, -0.2) is 140 Å². The van der Waals surface area contributed by atoms with Crippen molar-refractivity contribution >= 4 is 0 Å². The van der Waals surface area contributed by atoms with Gasteiger partial charge in [-0.05, 0) is 161 Å². The molecule has 0 radical (unpaired) electrons. The zero-order valence-corrected chi connectivity index (χ0v) is 50.8. The van der Waals surface area contributed by atoms with Crippen molar-refractivity contribution in [3.63, 3.8) is 0 Å². The molecule has 14 heteroatoms. The summed E-state index contributed by atoms with van der Waals surface area (Å²) in [4.78, 5) is 22.1. The fraction of sp³-hybridized carbons (Fsp3) is 0.709. The molecule has 4 aromatic heterocycles. The number of hydrogen-bond acceptors (Lipinski definition) is 8. The molecule has 12 fully saturated rings. The molecule has 16 rings (SSSR count). The number of hydrogen-bond donors (Lipinski definition) is 4. The van der Waals surface area contributed by atoms with Gasteiger partial charge in [-0.2, -0.15) is 0 Å². The first-order valence-electron chi connectivity index (χ1n) is 26.7. The van der Waals surface area contributed by atoms with Gasteiger partial charge in [0.05, 0.1) is 0 Å². The smallest absolute Gasteiger partial charge is 0.852 e. The van der Waals surface area contributed by atoms with E-state index in [2.05, 4.69) is 67.7 Å². The van der Waals surface area contributed by atoms with Crippen LogP contribution in [-0.2, 0) is 20.4 Å². The molecule has 69 heavy (non-hydrogen) atoms. The van der Waals surface area contributed by atoms with Crippen LogP contribution in [0.5, 0.6) is 17.6 Å². The van der Waals surface area contributed by atoms with Crippen LogP contribution < -0.4 is 70.7 Å². The zero-order chi connectivity index (χ0) is 49.5. The molecule has 0 spiro atoms. The van der Waals surface area contributed by atoms with E-state index in [-0.39, 0.29) is 77.9 Å². The maximum Gasteiger partial charge on any atom is 1.00 e. The molecule has 392 valence electrons. The molecule has 0 amide bonds. The maximum absolute atomic E-state index is 10.9. The summed E-state index contributed by atoms with van der Waals surface area (Å²) >= 11 is 0. The van der Waals surface area contributed by atoms with Gasteiger partial charge >= 0.3 is 51.4 Å². The summed E-state index contributed by atoms with van der Waals surface area (Å²) in [5.41, 5.74) is 1.22. The molecule has 8 bridgehead atoms. The van der Waals surface area contributed by atoms with Crippen molar-refractivity contribution in [3.05, 3.63) is 79.0 Å². The topological polar surface area (TPSA) is 127 Å². The first-order chi connectivity index (χ1) is 32.6. The van der Waals surface area contributed by atoms with E-state index >= 15 is 0 Å². The molecule has 8 atom stereocenters. The van der Waals surface area contributed by atoms with E-state index in [0.717, 1.165) is 66.7 Å². The van der Waals surface area contributed by atoms with Gasteiger partial charge in [-0.3, -0.25) is 0 Å². The van der Waals surface area contributed by atoms with Crippen molar-refractivity contribution in [2.24, 2.45) is 0 Å². The summed E-state index contributed by atoms with van der Waals surface area (Å²) in [5.74, 6) is 2.75. The van der Waals surface area contributed by atoms with E-state index in [4.69, 9.17) is 14.2 Å². The van der Waals surface area contributed by atoms with Crippen LogP contribution in [0.4, 0.5) is 0 Å². The number of nitrogens with zero attached hydrogens (tertiary/aromatic N) is 4. The number of piperidine rings is 4. The van der Waals surface area contributed by atoms with Gasteiger partial charge in [0.1, 0.15) is 18.3 Å². The Labute approximate surface area is 477 Å². The van der Waals surface area contributed by atoms with E-state index in [0.29, 0.717) is 30.4 Å². The molecule has 4 saturated carbocycles. The zero-order valence-electron chi connectivity index (χ0n) is 46.1. The molecule has 4 N–H and O–H groups in total. The van der Waals surface area contributed by atoms with Gasteiger partial charge in [0, 0.05) is 99.2 Å². The van der Waals surface area contributed by atoms with Crippen molar-refractivity contribution in [2.75, 3.05) is 28.2 Å². The average Bonchev–Trinajstić information content (AvgIpc) is 4.27. The summed E-state index contributed by atoms with van der Waals surface area (Å²) < 4.78 is 17.6. The fourth-order valence-electron chi connectivity index (χ4n) is 10.5. The number of aromatic nitrogens is 4. The molecular weight excluding hydrogens is 982 g/mol. The predicted molar refractivity (Wildman–Crippen MR) is 278 cm³/mol. The van der Waals surface area contributed by atoms with Crippen molar-refractivity contribution in [3.8, 4) is 17.6 Å². The van der Waals surface area contributed by atoms with Gasteiger partial charge in [-0.25, -0.2) is 0 Å². The molecule has 4 aromatic rings. The molecule has 8 saturated heterocycles. The van der Waals surface area contributed by atoms with Crippen molar-refractivity contribution in [1.29, 1.82) is 0 Å². The van der Waals surface area contributed by atoms with E-state index in [1.54, 1.807) is 0 Å². The van der Waals surface area contributed by atoms with Gasteiger partial charge < -0.3 is 58.9 Å². The predicted octanol–water partition coefficient (Wildman–Crippen LogP) is 7.92. The van der Waals surface area contributed by atoms with Crippen LogP contribution in [0.3, 0.4) is 0 Å². The van der Waals surface area contributed by atoms with Crippen LogP contribution in [0.15, 0.2) is 73.3 Å². The quantitative estimate of drug-likeness (QED) is 0.144. The largest absolute Gasteiger partial charge is 1.00 e. The van der Waals surface area contributed by atoms with Crippen molar-refractivity contribution < 1.29 is 91.1 Å². The summed E-state index contributed by atoms with van der Waals surface area (Å²) in [6.07, 6.45) is 23.0. The summed E-state index contributed by atoms with van der Waals surface area (Å²) in [5, 5.41) is 10.9. The Morgan fingerprint density at radius 1 is 0.391 bits per heavy atom. The third-order valence-electron chi connectivity index (χ3n) is 14.4. The second-order valence-corrected chi connectivity index (χ2v) is 18.0. The van der Waals surface area contributed by atoms with Crippen LogP contribution >= 0.6 is 0 Å². The molecule has 12 nitrogen and oxygen atoms in total. The summed E-state index contributed by atoms with van der Waals surface area (Å²) in [7, 11) is 8.81. The molecule has 4 aliphatic carbocycles. The van der Waals surface area contributed by atoms with Gasteiger partial charge in [0.2, 0.25) is 0 Å². The Kier molecular flexibility index (Phi) is 34.0. The third kappa shape index (κ3) is 19.8. The number of aryl methyl sites for hydroxylation is 1. The van der Waals surface area contributed by atoms with Gasteiger partial charge in [-0.1, -0.05) is 69.2 Å².